The zero-order valence-electron chi connectivity index (χ0n) is 8.16. The van der Waals surface area contributed by atoms with Crippen molar-refractivity contribution >= 4 is 7.32 Å². The molecule has 74 valence electrons. The third-order valence-corrected chi connectivity index (χ3v) is 1.46. The molecule has 12 heavy (non-hydrogen) atoms. The summed E-state index contributed by atoms with van der Waals surface area (Å²) in [5, 5.41) is 21.5. The van der Waals surface area contributed by atoms with Gasteiger partial charge in [0, 0.05) is 0 Å². The summed E-state index contributed by atoms with van der Waals surface area (Å²) >= 11 is 0. The van der Waals surface area contributed by atoms with Gasteiger partial charge in [0.25, 0.3) is 0 Å². The minimum atomic E-state index is -2.17. The second-order valence-corrected chi connectivity index (χ2v) is 2.76. The van der Waals surface area contributed by atoms with Crippen molar-refractivity contribution < 1.29 is 15.1 Å². The molecule has 0 aliphatic heterocycles. The van der Waals surface area contributed by atoms with E-state index in [0.29, 0.717) is 0 Å². The molecule has 0 aromatic rings. The molecule has 0 aliphatic rings. The van der Waals surface area contributed by atoms with E-state index in [2.05, 4.69) is 13.8 Å². The van der Waals surface area contributed by atoms with Crippen LogP contribution in [0, 0.1) is 0 Å². The highest BCUT2D eigenvalue weighted by atomic mass is 16.5. The van der Waals surface area contributed by atoms with E-state index in [1.165, 1.54) is 38.5 Å². The van der Waals surface area contributed by atoms with Gasteiger partial charge < -0.3 is 15.1 Å². The lowest BCUT2D eigenvalue weighted by molar-refractivity contribution is 0.278. The maximum Gasteiger partial charge on any atom is 0.631 e. The van der Waals surface area contributed by atoms with Gasteiger partial charge in [-0.15, -0.1) is 0 Å². The number of hydrogen-bond acceptors (Lipinski definition) is 3. The first-order valence-electron chi connectivity index (χ1n) is 4.69. The molecule has 0 saturated heterocycles. The van der Waals surface area contributed by atoms with E-state index in [1.54, 1.807) is 0 Å². The lowest BCUT2D eigenvalue weighted by atomic mass is 10.1. The van der Waals surface area contributed by atoms with E-state index >= 15 is 0 Å². The lowest BCUT2D eigenvalue weighted by Gasteiger charge is -1.93. The van der Waals surface area contributed by atoms with Gasteiger partial charge >= 0.3 is 7.32 Å². The predicted octanol–water partition coefficient (Wildman–Crippen LogP) is 1.31. The summed E-state index contributed by atoms with van der Waals surface area (Å²) in [5.41, 5.74) is 0. The molecule has 3 N–H and O–H groups in total. The molecule has 0 amide bonds. The SMILES string of the molecule is CCCCCCCC.OB(O)O. The average molecular weight is 176 g/mol. The molecule has 0 aromatic carbocycles. The Morgan fingerprint density at radius 2 is 1.00 bits per heavy atom. The first-order valence-corrected chi connectivity index (χ1v) is 4.69. The topological polar surface area (TPSA) is 60.7 Å². The van der Waals surface area contributed by atoms with Crippen LogP contribution >= 0.6 is 0 Å². The van der Waals surface area contributed by atoms with Crippen LogP contribution in [0.25, 0.3) is 0 Å². The molecule has 0 bridgehead atoms. The Labute approximate surface area is 75.6 Å². The van der Waals surface area contributed by atoms with Crippen LogP contribution in [-0.2, 0) is 0 Å². The summed E-state index contributed by atoms with van der Waals surface area (Å²) in [6.07, 6.45) is 8.49. The van der Waals surface area contributed by atoms with Crippen LogP contribution in [-0.4, -0.2) is 22.4 Å². The van der Waals surface area contributed by atoms with Crippen molar-refractivity contribution in [1.29, 1.82) is 0 Å². The zero-order valence-corrected chi connectivity index (χ0v) is 8.16. The Kier molecular flexibility index (Phi) is 16.3. The summed E-state index contributed by atoms with van der Waals surface area (Å²) in [4.78, 5) is 0. The van der Waals surface area contributed by atoms with Gasteiger partial charge in [-0.1, -0.05) is 52.4 Å². The maximum atomic E-state index is 7.17. The molecule has 0 fully saturated rings. The second-order valence-electron chi connectivity index (χ2n) is 2.76. The Bertz CT molecular complexity index is 60.6. The molecule has 3 nitrogen and oxygen atoms in total. The van der Waals surface area contributed by atoms with Crippen molar-refractivity contribution in [3.63, 3.8) is 0 Å². The summed E-state index contributed by atoms with van der Waals surface area (Å²) in [7, 11) is -2.17. The fraction of sp³-hybridized carbons (Fsp3) is 1.00. The summed E-state index contributed by atoms with van der Waals surface area (Å²) in [6.45, 7) is 4.51. The van der Waals surface area contributed by atoms with Gasteiger partial charge in [0.15, 0.2) is 0 Å². The number of unbranched alkanes of at least 4 members (excludes halogenated alkanes) is 5. The van der Waals surface area contributed by atoms with Crippen LogP contribution in [0.5, 0.6) is 0 Å². The van der Waals surface area contributed by atoms with Gasteiger partial charge in [-0.25, -0.2) is 0 Å². The number of hydrogen-bond donors (Lipinski definition) is 3. The molecule has 0 spiro atoms. The molecule has 4 heteroatoms. The predicted molar refractivity (Wildman–Crippen MR) is 51.5 cm³/mol. The van der Waals surface area contributed by atoms with Crippen molar-refractivity contribution in [3.8, 4) is 0 Å². The summed E-state index contributed by atoms with van der Waals surface area (Å²) < 4.78 is 0. The highest BCUT2D eigenvalue weighted by Crippen LogP contribution is 2.03. The Hall–Kier alpha value is -0.0551. The van der Waals surface area contributed by atoms with Crippen molar-refractivity contribution in [2.24, 2.45) is 0 Å². The Morgan fingerprint density at radius 3 is 1.17 bits per heavy atom. The third kappa shape index (κ3) is 32.5. The molecular formula is C8H21BO3. The van der Waals surface area contributed by atoms with E-state index < -0.39 is 7.32 Å². The van der Waals surface area contributed by atoms with Crippen LogP contribution in [0.3, 0.4) is 0 Å². The molecule has 0 aromatic heterocycles. The molecule has 0 radical (unpaired) electrons. The molecule has 0 saturated carbocycles. The van der Waals surface area contributed by atoms with Crippen LogP contribution in [0.1, 0.15) is 52.4 Å². The fourth-order valence-corrected chi connectivity index (χ4v) is 0.854. The minimum Gasteiger partial charge on any atom is -0.402 e. The van der Waals surface area contributed by atoms with E-state index in [-0.39, 0.29) is 0 Å². The van der Waals surface area contributed by atoms with E-state index in [1.807, 2.05) is 0 Å². The normalized spacial score (nSPS) is 8.75. The van der Waals surface area contributed by atoms with Crippen LogP contribution in [0.4, 0.5) is 0 Å². The first kappa shape index (κ1) is 14.5. The molecule has 0 rings (SSSR count). The highest BCUT2D eigenvalue weighted by molar-refractivity contribution is 6.30. The average Bonchev–Trinajstić information content (AvgIpc) is 1.97. The van der Waals surface area contributed by atoms with Gasteiger partial charge in [0.2, 0.25) is 0 Å². The summed E-state index contributed by atoms with van der Waals surface area (Å²) in [5.74, 6) is 0. The van der Waals surface area contributed by atoms with Gasteiger partial charge in [0.1, 0.15) is 0 Å². The van der Waals surface area contributed by atoms with Gasteiger partial charge in [-0.05, 0) is 0 Å². The Morgan fingerprint density at radius 1 is 0.750 bits per heavy atom. The third-order valence-electron chi connectivity index (χ3n) is 1.46. The number of rotatable bonds is 5. The quantitative estimate of drug-likeness (QED) is 0.437. The first-order chi connectivity index (χ1) is 5.65. The van der Waals surface area contributed by atoms with E-state index in [0.717, 1.165) is 0 Å². The van der Waals surface area contributed by atoms with Crippen LogP contribution < -0.4 is 0 Å². The van der Waals surface area contributed by atoms with E-state index in [9.17, 15) is 0 Å². The molecule has 0 unspecified atom stereocenters. The van der Waals surface area contributed by atoms with Crippen molar-refractivity contribution in [2.75, 3.05) is 0 Å². The largest absolute Gasteiger partial charge is 0.631 e. The standard InChI is InChI=1S/C8H18.BH3O3/c1-3-5-7-8-6-4-2;2-1(3)4/h3-8H2,1-2H3;2-4H. The smallest absolute Gasteiger partial charge is 0.402 e. The van der Waals surface area contributed by atoms with Crippen molar-refractivity contribution in [1.82, 2.24) is 0 Å². The van der Waals surface area contributed by atoms with Gasteiger partial charge in [-0.3, -0.25) is 0 Å². The van der Waals surface area contributed by atoms with Gasteiger partial charge in [-0.2, -0.15) is 0 Å². The van der Waals surface area contributed by atoms with Crippen molar-refractivity contribution in [3.05, 3.63) is 0 Å². The van der Waals surface area contributed by atoms with Crippen molar-refractivity contribution in [2.45, 2.75) is 52.4 Å². The maximum absolute atomic E-state index is 7.17. The molecular weight excluding hydrogens is 155 g/mol. The van der Waals surface area contributed by atoms with Crippen LogP contribution in [0.2, 0.25) is 0 Å². The second kappa shape index (κ2) is 13.5. The fourth-order valence-electron chi connectivity index (χ4n) is 0.854. The van der Waals surface area contributed by atoms with E-state index in [4.69, 9.17) is 15.1 Å². The monoisotopic (exact) mass is 176 g/mol. The minimum absolute atomic E-state index is 1.36. The highest BCUT2D eigenvalue weighted by Gasteiger charge is 1.92. The van der Waals surface area contributed by atoms with Gasteiger partial charge in [0.05, 0.1) is 0 Å². The lowest BCUT2D eigenvalue weighted by Crippen LogP contribution is -2.07. The summed E-state index contributed by atoms with van der Waals surface area (Å²) in [6, 6.07) is 0. The molecule has 0 aliphatic carbocycles. The Balaban J connectivity index is 0. The molecule has 0 atom stereocenters. The zero-order chi connectivity index (χ0) is 9.82. The molecule has 0 heterocycles. The van der Waals surface area contributed by atoms with Crippen LogP contribution in [0.15, 0.2) is 0 Å².